The summed E-state index contributed by atoms with van der Waals surface area (Å²) in [6, 6.07) is 17.7. The summed E-state index contributed by atoms with van der Waals surface area (Å²) in [5.74, 6) is -3.02. The Labute approximate surface area is 262 Å². The maximum Gasteiger partial charge on any atom is 0.303 e. The van der Waals surface area contributed by atoms with Gasteiger partial charge in [-0.05, 0) is 36.0 Å². The highest BCUT2D eigenvalue weighted by molar-refractivity contribution is 7.71. The fraction of sp³-hybridized carbons (Fsp3) is 0.323. The van der Waals surface area contributed by atoms with Crippen LogP contribution >= 0.6 is 12.2 Å². The molecule has 13 nitrogen and oxygen atoms in total. The fourth-order valence-corrected chi connectivity index (χ4v) is 5.06. The molecule has 2 aromatic carbocycles. The minimum Gasteiger partial charge on any atom is -0.463 e. The Kier molecular flexibility index (Phi) is 10.8. The molecule has 0 unspecified atom stereocenters. The lowest BCUT2D eigenvalue weighted by Gasteiger charge is -2.44. The lowest BCUT2D eigenvalue weighted by atomic mass is 9.97. The number of carbonyl (C=O) groups excluding carboxylic acids is 4. The molecule has 5 atom stereocenters. The number of carbonyl (C=O) groups is 4. The Balaban J connectivity index is 1.97. The highest BCUT2D eigenvalue weighted by Crippen LogP contribution is 2.34. The van der Waals surface area contributed by atoms with E-state index in [0.717, 1.165) is 31.0 Å². The molecule has 1 aromatic heterocycles. The minimum atomic E-state index is -1.49. The van der Waals surface area contributed by atoms with E-state index in [-0.39, 0.29) is 10.5 Å². The first-order valence-electron chi connectivity index (χ1n) is 13.8. The summed E-state index contributed by atoms with van der Waals surface area (Å²) < 4.78 is 30.2. The molecule has 0 N–H and O–H groups in total. The van der Waals surface area contributed by atoms with Crippen LogP contribution in [0.5, 0.6) is 0 Å². The zero-order valence-corrected chi connectivity index (χ0v) is 25.7. The lowest BCUT2D eigenvalue weighted by Crippen LogP contribution is -2.61. The summed E-state index contributed by atoms with van der Waals surface area (Å²) >= 11 is 5.76. The molecule has 0 spiro atoms. The normalized spacial score (nSPS) is 21.1. The molecule has 1 fully saturated rings. The van der Waals surface area contributed by atoms with Crippen molar-refractivity contribution in [2.45, 2.75) is 58.3 Å². The molecule has 1 aliphatic rings. The van der Waals surface area contributed by atoms with E-state index in [9.17, 15) is 24.0 Å². The van der Waals surface area contributed by atoms with E-state index < -0.39 is 66.7 Å². The van der Waals surface area contributed by atoms with E-state index in [2.05, 4.69) is 5.10 Å². The Bertz CT molecular complexity index is 1700. The first-order valence-corrected chi connectivity index (χ1v) is 14.2. The Morgan fingerprint density at radius 1 is 0.800 bits per heavy atom. The van der Waals surface area contributed by atoms with Gasteiger partial charge in [0.15, 0.2) is 24.5 Å². The Morgan fingerprint density at radius 2 is 1.36 bits per heavy atom. The van der Waals surface area contributed by atoms with Gasteiger partial charge in [0.1, 0.15) is 18.4 Å². The predicted molar refractivity (Wildman–Crippen MR) is 161 cm³/mol. The molecule has 0 aliphatic carbocycles. The zero-order chi connectivity index (χ0) is 32.7. The molecule has 0 bridgehead atoms. The molecule has 2 heterocycles. The van der Waals surface area contributed by atoms with Gasteiger partial charge in [-0.2, -0.15) is 5.10 Å². The monoisotopic (exact) mass is 637 g/mol. The van der Waals surface area contributed by atoms with Crippen LogP contribution in [-0.2, 0) is 42.9 Å². The second-order valence-corrected chi connectivity index (χ2v) is 10.3. The number of hydrogen-bond acceptors (Lipinski definition) is 12. The van der Waals surface area contributed by atoms with Gasteiger partial charge < -0.3 is 23.7 Å². The topological polar surface area (TPSA) is 154 Å². The van der Waals surface area contributed by atoms with Crippen LogP contribution in [0.1, 0.15) is 45.2 Å². The molecule has 0 amide bonds. The maximum atomic E-state index is 13.8. The fourth-order valence-electron chi connectivity index (χ4n) is 4.72. The van der Waals surface area contributed by atoms with E-state index in [0.29, 0.717) is 5.69 Å². The van der Waals surface area contributed by atoms with E-state index >= 15 is 0 Å². The number of rotatable bonds is 9. The van der Waals surface area contributed by atoms with Gasteiger partial charge >= 0.3 is 23.9 Å². The highest BCUT2D eigenvalue weighted by Gasteiger charge is 2.53. The molecule has 14 heteroatoms. The molecule has 236 valence electrons. The highest BCUT2D eigenvalue weighted by atomic mass is 32.1. The first-order chi connectivity index (χ1) is 21.5. The summed E-state index contributed by atoms with van der Waals surface area (Å²) in [7, 11) is 0. The quantitative estimate of drug-likeness (QED) is 0.192. The third-order valence-electron chi connectivity index (χ3n) is 6.48. The largest absolute Gasteiger partial charge is 0.463 e. The van der Waals surface area contributed by atoms with Gasteiger partial charge in [-0.15, -0.1) is 0 Å². The Morgan fingerprint density at radius 3 is 1.93 bits per heavy atom. The van der Waals surface area contributed by atoms with Crippen LogP contribution in [0.25, 0.3) is 17.8 Å². The van der Waals surface area contributed by atoms with E-state index in [4.69, 9.17) is 35.9 Å². The number of ether oxygens (including phenoxy) is 5. The summed E-state index contributed by atoms with van der Waals surface area (Å²) in [6.45, 7) is 4.09. The average molecular weight is 638 g/mol. The van der Waals surface area contributed by atoms with E-state index in [1.54, 1.807) is 36.4 Å². The van der Waals surface area contributed by atoms with Crippen LogP contribution in [0.4, 0.5) is 0 Å². The minimum absolute atomic E-state index is 0.0656. The van der Waals surface area contributed by atoms with Crippen LogP contribution in [0.2, 0.25) is 0 Å². The van der Waals surface area contributed by atoms with Crippen molar-refractivity contribution in [3.8, 4) is 5.69 Å². The van der Waals surface area contributed by atoms with Gasteiger partial charge in [-0.1, -0.05) is 54.6 Å². The number of hydrogen-bond donors (Lipinski definition) is 0. The maximum absolute atomic E-state index is 13.8. The molecule has 1 saturated heterocycles. The van der Waals surface area contributed by atoms with Crippen LogP contribution in [-0.4, -0.2) is 69.2 Å². The molecule has 4 rings (SSSR count). The Hall–Kier alpha value is -4.95. The molecule has 1 aliphatic heterocycles. The van der Waals surface area contributed by atoms with Gasteiger partial charge in [0.25, 0.3) is 5.56 Å². The smallest absolute Gasteiger partial charge is 0.303 e. The third kappa shape index (κ3) is 8.16. The van der Waals surface area contributed by atoms with Crippen molar-refractivity contribution in [1.82, 2.24) is 14.3 Å². The molecular formula is C31H31N3O10S. The molecule has 0 saturated carbocycles. The average Bonchev–Trinajstić information content (AvgIpc) is 2.98. The van der Waals surface area contributed by atoms with Gasteiger partial charge in [0, 0.05) is 27.7 Å². The van der Waals surface area contributed by atoms with Crippen molar-refractivity contribution in [1.29, 1.82) is 0 Å². The van der Waals surface area contributed by atoms with Crippen molar-refractivity contribution in [2.24, 2.45) is 0 Å². The third-order valence-corrected chi connectivity index (χ3v) is 6.85. The molecule has 45 heavy (non-hydrogen) atoms. The van der Waals surface area contributed by atoms with Gasteiger partial charge in [0.05, 0.1) is 5.69 Å². The molecule has 3 aromatic rings. The van der Waals surface area contributed by atoms with Crippen molar-refractivity contribution in [3.63, 3.8) is 0 Å². The number of benzene rings is 2. The first kappa shape index (κ1) is 33.0. The van der Waals surface area contributed by atoms with Crippen molar-refractivity contribution in [2.75, 3.05) is 6.61 Å². The van der Waals surface area contributed by atoms with E-state index in [1.165, 1.54) is 17.6 Å². The van der Waals surface area contributed by atoms with Crippen molar-refractivity contribution >= 4 is 48.2 Å². The predicted octanol–water partition coefficient (Wildman–Crippen LogP) is 3.19. The zero-order valence-electron chi connectivity index (χ0n) is 24.9. The van der Waals surface area contributed by atoms with Gasteiger partial charge in [-0.25, -0.2) is 4.68 Å². The SMILES string of the molecule is CC(=O)OC[C@H]1O[C@@H](n2nc(/C=C/c3ccccc3)c(=O)n(-c3ccccc3)c2=S)[C@@H](OC(C)=O)[C@@H](OC(C)=O)[C@H]1OC(C)=O. The van der Waals surface area contributed by atoms with Crippen LogP contribution in [0.3, 0.4) is 0 Å². The summed E-state index contributed by atoms with van der Waals surface area (Å²) in [4.78, 5) is 62.3. The van der Waals surface area contributed by atoms with Gasteiger partial charge in [-0.3, -0.25) is 28.5 Å². The number of nitrogens with zero attached hydrogens (tertiary/aromatic N) is 3. The number of esters is 4. The van der Waals surface area contributed by atoms with Crippen molar-refractivity contribution in [3.05, 3.63) is 87.0 Å². The van der Waals surface area contributed by atoms with Crippen molar-refractivity contribution < 1.29 is 42.9 Å². The standard InChI is InChI=1S/C31H31N3O10S/c1-18(35)40-17-25-26(41-19(2)36)27(42-20(3)37)28(43-21(4)38)30(44-25)34-31(45)33(23-13-9-6-10-14-23)29(39)24(32-34)16-15-22-11-7-5-8-12-22/h5-16,25-28,30H,17H2,1-4H3/b16-15+/t25-,26+,27+,28+,30-/m1/s1. The van der Waals surface area contributed by atoms with Crippen LogP contribution < -0.4 is 5.56 Å². The lowest BCUT2D eigenvalue weighted by molar-refractivity contribution is -0.271. The molecule has 0 radical (unpaired) electrons. The molecular weight excluding hydrogens is 606 g/mol. The number of para-hydroxylation sites is 1. The van der Waals surface area contributed by atoms with Gasteiger partial charge in [0.2, 0.25) is 4.77 Å². The second kappa shape index (κ2) is 14.7. The summed E-state index contributed by atoms with van der Waals surface area (Å²) in [5, 5.41) is 4.50. The summed E-state index contributed by atoms with van der Waals surface area (Å²) in [6.07, 6.45) is -3.86. The summed E-state index contributed by atoms with van der Waals surface area (Å²) in [5.41, 5.74) is 0.569. The van der Waals surface area contributed by atoms with Crippen LogP contribution in [0.15, 0.2) is 65.5 Å². The number of aromatic nitrogens is 3. The van der Waals surface area contributed by atoms with E-state index in [1.807, 2.05) is 30.3 Å². The van der Waals surface area contributed by atoms with Crippen LogP contribution in [0, 0.1) is 4.77 Å². The second-order valence-electron chi connectivity index (χ2n) is 9.92.